The molecule has 3 rings (SSSR count). The Bertz CT molecular complexity index is 1230. The molecule has 37 heavy (non-hydrogen) atoms. The lowest BCUT2D eigenvalue weighted by Crippen LogP contribution is -2.23. The van der Waals surface area contributed by atoms with Crippen molar-refractivity contribution in [3.05, 3.63) is 82.9 Å². The van der Waals surface area contributed by atoms with Crippen molar-refractivity contribution in [2.45, 2.75) is 53.4 Å². The van der Waals surface area contributed by atoms with Crippen LogP contribution in [0.25, 0.3) is 0 Å². The molecule has 0 radical (unpaired) electrons. The summed E-state index contributed by atoms with van der Waals surface area (Å²) < 4.78 is 10.9. The molecule has 0 saturated heterocycles. The molecule has 0 aromatic heterocycles. The molecular weight excluding hydrogens is 468 g/mol. The van der Waals surface area contributed by atoms with Gasteiger partial charge in [0, 0.05) is 17.8 Å². The van der Waals surface area contributed by atoms with E-state index < -0.39 is 18.5 Å². The predicted molar refractivity (Wildman–Crippen MR) is 145 cm³/mol. The van der Waals surface area contributed by atoms with Crippen LogP contribution in [0.3, 0.4) is 0 Å². The van der Waals surface area contributed by atoms with Gasteiger partial charge in [0.2, 0.25) is 5.91 Å². The maximum Gasteiger partial charge on any atom is 0.306 e. The molecule has 194 valence electrons. The third kappa shape index (κ3) is 8.20. The Kier molecular flexibility index (Phi) is 9.84. The fraction of sp³-hybridized carbons (Fsp3) is 0.300. The number of hydrogen-bond donors (Lipinski definition) is 2. The summed E-state index contributed by atoms with van der Waals surface area (Å²) in [6, 6.07) is 18.8. The Labute approximate surface area is 218 Å². The number of carbonyl (C=O) groups is 3. The Morgan fingerprint density at radius 3 is 2.00 bits per heavy atom. The van der Waals surface area contributed by atoms with Gasteiger partial charge in [0.05, 0.1) is 6.42 Å². The third-order valence-corrected chi connectivity index (χ3v) is 6.04. The maximum atomic E-state index is 12.3. The monoisotopic (exact) mass is 502 g/mol. The molecule has 0 bridgehead atoms. The minimum Gasteiger partial charge on any atom is -0.457 e. The number of esters is 1. The minimum atomic E-state index is -0.609. The molecule has 0 spiro atoms. The molecule has 0 aliphatic carbocycles. The minimum absolute atomic E-state index is 0.0556. The summed E-state index contributed by atoms with van der Waals surface area (Å²) in [6.07, 6.45) is 1.37. The second-order valence-electron chi connectivity index (χ2n) is 8.79. The summed E-state index contributed by atoms with van der Waals surface area (Å²) in [6.45, 7) is 7.71. The van der Waals surface area contributed by atoms with Crippen LogP contribution in [-0.2, 0) is 32.0 Å². The summed E-state index contributed by atoms with van der Waals surface area (Å²) in [4.78, 5) is 36.6. The lowest BCUT2D eigenvalue weighted by molar-refractivity contribution is -0.147. The molecule has 0 aliphatic rings. The van der Waals surface area contributed by atoms with Gasteiger partial charge in [-0.3, -0.25) is 14.4 Å². The molecule has 7 heteroatoms. The van der Waals surface area contributed by atoms with Gasteiger partial charge in [-0.25, -0.2) is 0 Å². The summed E-state index contributed by atoms with van der Waals surface area (Å²) in [7, 11) is 0. The Morgan fingerprint density at radius 2 is 1.38 bits per heavy atom. The highest BCUT2D eigenvalue weighted by atomic mass is 16.5. The van der Waals surface area contributed by atoms with Gasteiger partial charge in [0.15, 0.2) is 6.61 Å². The lowest BCUT2D eigenvalue weighted by Gasteiger charge is -2.14. The number of rotatable bonds is 11. The van der Waals surface area contributed by atoms with Gasteiger partial charge >= 0.3 is 5.97 Å². The van der Waals surface area contributed by atoms with Crippen molar-refractivity contribution in [2.24, 2.45) is 0 Å². The van der Waals surface area contributed by atoms with E-state index in [1.165, 1.54) is 5.56 Å². The Morgan fingerprint density at radius 1 is 0.730 bits per heavy atom. The van der Waals surface area contributed by atoms with Gasteiger partial charge in [0.25, 0.3) is 5.91 Å². The SMILES string of the molecule is CCc1cccc(CC)c1NC(=O)COC(=O)CCC(=O)Nc1ccc(Oc2ccc(C)c(C)c2)cc1. The van der Waals surface area contributed by atoms with Crippen molar-refractivity contribution in [1.29, 1.82) is 0 Å². The number of benzene rings is 3. The molecular formula is C30H34N2O5. The van der Waals surface area contributed by atoms with E-state index in [1.54, 1.807) is 24.3 Å². The van der Waals surface area contributed by atoms with E-state index in [4.69, 9.17) is 9.47 Å². The van der Waals surface area contributed by atoms with E-state index in [9.17, 15) is 14.4 Å². The number of hydrogen-bond acceptors (Lipinski definition) is 5. The quantitative estimate of drug-likeness (QED) is 0.308. The Balaban J connectivity index is 1.41. The van der Waals surface area contributed by atoms with Crippen LogP contribution in [0.2, 0.25) is 0 Å². The molecule has 2 N–H and O–H groups in total. The maximum absolute atomic E-state index is 12.3. The van der Waals surface area contributed by atoms with Crippen molar-refractivity contribution in [3.8, 4) is 11.5 Å². The molecule has 0 heterocycles. The number of carbonyl (C=O) groups excluding carboxylic acids is 3. The number of ether oxygens (including phenoxy) is 2. The van der Waals surface area contributed by atoms with Gasteiger partial charge in [-0.15, -0.1) is 0 Å². The fourth-order valence-electron chi connectivity index (χ4n) is 3.76. The van der Waals surface area contributed by atoms with Gasteiger partial charge in [0.1, 0.15) is 11.5 Å². The Hall–Kier alpha value is -4.13. The van der Waals surface area contributed by atoms with Crippen molar-refractivity contribution < 1.29 is 23.9 Å². The van der Waals surface area contributed by atoms with Crippen LogP contribution in [0.1, 0.15) is 48.9 Å². The van der Waals surface area contributed by atoms with Gasteiger partial charge in [-0.2, -0.15) is 0 Å². The van der Waals surface area contributed by atoms with Crippen LogP contribution in [0, 0.1) is 13.8 Å². The summed E-state index contributed by atoms with van der Waals surface area (Å²) in [5.74, 6) is 0.0512. The van der Waals surface area contributed by atoms with E-state index in [0.717, 1.165) is 41.0 Å². The smallest absolute Gasteiger partial charge is 0.306 e. The zero-order valence-corrected chi connectivity index (χ0v) is 21.9. The molecule has 0 atom stereocenters. The van der Waals surface area contributed by atoms with Crippen LogP contribution in [-0.4, -0.2) is 24.4 Å². The first-order valence-corrected chi connectivity index (χ1v) is 12.5. The van der Waals surface area contributed by atoms with Crippen molar-refractivity contribution in [2.75, 3.05) is 17.2 Å². The topological polar surface area (TPSA) is 93.7 Å². The largest absolute Gasteiger partial charge is 0.457 e. The highest BCUT2D eigenvalue weighted by Crippen LogP contribution is 2.25. The van der Waals surface area contributed by atoms with Crippen LogP contribution in [0.5, 0.6) is 11.5 Å². The zero-order valence-electron chi connectivity index (χ0n) is 21.9. The number of aryl methyl sites for hydroxylation is 4. The molecule has 0 aliphatic heterocycles. The molecule has 0 fully saturated rings. The average Bonchev–Trinajstić information content (AvgIpc) is 2.89. The molecule has 3 aromatic rings. The fourth-order valence-corrected chi connectivity index (χ4v) is 3.76. The number of nitrogens with one attached hydrogen (secondary N) is 2. The number of para-hydroxylation sites is 1. The molecule has 7 nitrogen and oxygen atoms in total. The second kappa shape index (κ2) is 13.3. The van der Waals surface area contributed by atoms with Crippen LogP contribution in [0.4, 0.5) is 11.4 Å². The van der Waals surface area contributed by atoms with Crippen LogP contribution < -0.4 is 15.4 Å². The van der Waals surface area contributed by atoms with Gasteiger partial charge in [-0.05, 0) is 85.3 Å². The van der Waals surface area contributed by atoms with E-state index in [0.29, 0.717) is 11.4 Å². The zero-order chi connectivity index (χ0) is 26.8. The molecule has 0 unspecified atom stereocenters. The molecule has 0 saturated carbocycles. The highest BCUT2D eigenvalue weighted by Gasteiger charge is 2.14. The second-order valence-corrected chi connectivity index (χ2v) is 8.79. The summed E-state index contributed by atoms with van der Waals surface area (Å²) in [5, 5.41) is 5.60. The lowest BCUT2D eigenvalue weighted by atomic mass is 10.0. The first-order valence-electron chi connectivity index (χ1n) is 12.5. The van der Waals surface area contributed by atoms with E-state index >= 15 is 0 Å². The van der Waals surface area contributed by atoms with Gasteiger partial charge in [-0.1, -0.05) is 38.1 Å². The van der Waals surface area contributed by atoms with Crippen LogP contribution >= 0.6 is 0 Å². The van der Waals surface area contributed by atoms with E-state index in [1.807, 2.05) is 64.1 Å². The number of anilines is 2. The predicted octanol–water partition coefficient (Wildman–Crippen LogP) is 6.12. The average molecular weight is 503 g/mol. The van der Waals surface area contributed by atoms with Gasteiger partial charge < -0.3 is 20.1 Å². The first-order chi connectivity index (χ1) is 17.8. The molecule has 3 aromatic carbocycles. The van der Waals surface area contributed by atoms with Crippen molar-refractivity contribution >= 4 is 29.2 Å². The number of amides is 2. The van der Waals surface area contributed by atoms with E-state index in [2.05, 4.69) is 10.6 Å². The van der Waals surface area contributed by atoms with Crippen LogP contribution in [0.15, 0.2) is 60.7 Å². The third-order valence-electron chi connectivity index (χ3n) is 6.04. The molecule has 2 amide bonds. The van der Waals surface area contributed by atoms with E-state index in [-0.39, 0.29) is 18.7 Å². The van der Waals surface area contributed by atoms with Crippen molar-refractivity contribution in [1.82, 2.24) is 0 Å². The summed E-state index contributed by atoms with van der Waals surface area (Å²) >= 11 is 0. The first kappa shape index (κ1) is 27.5. The highest BCUT2D eigenvalue weighted by molar-refractivity contribution is 5.95. The van der Waals surface area contributed by atoms with Crippen molar-refractivity contribution in [3.63, 3.8) is 0 Å². The standard InChI is InChI=1S/C30H34N2O5/c1-5-22-8-7-9-23(6-2)30(22)32-28(34)19-36-29(35)17-16-27(33)31-24-11-14-25(15-12-24)37-26-13-10-20(3)21(4)18-26/h7-15,18H,5-6,16-17,19H2,1-4H3,(H,31,33)(H,32,34). The summed E-state index contributed by atoms with van der Waals surface area (Å²) in [5.41, 5.74) is 5.76. The normalized spacial score (nSPS) is 10.5.